The van der Waals surface area contributed by atoms with E-state index in [4.69, 9.17) is 0 Å². The van der Waals surface area contributed by atoms with Crippen LogP contribution in [0.5, 0.6) is 0 Å². The summed E-state index contributed by atoms with van der Waals surface area (Å²) in [5.41, 5.74) is 1.08. The monoisotopic (exact) mass is 340 g/mol. The second kappa shape index (κ2) is 8.76. The maximum Gasteiger partial charge on any atom is 0.416 e. The highest BCUT2D eigenvalue weighted by Gasteiger charge is 2.30. The molecule has 24 heavy (non-hydrogen) atoms. The van der Waals surface area contributed by atoms with E-state index < -0.39 is 11.7 Å². The standard InChI is InChI=1S/C18H23F3N2O/c19-18(20,21)15-7-4-8-16(13-15)22-12-10-17(24)23-11-9-14-5-2-1-3-6-14/h4-5,7-8,13,22H,1-3,6,9-12H2,(H,23,24). The summed E-state index contributed by atoms with van der Waals surface area (Å²) in [6, 6.07) is 4.98. The first-order valence-corrected chi connectivity index (χ1v) is 8.31. The highest BCUT2D eigenvalue weighted by molar-refractivity contribution is 5.76. The van der Waals surface area contributed by atoms with E-state index in [1.807, 2.05) is 0 Å². The lowest BCUT2D eigenvalue weighted by molar-refractivity contribution is -0.137. The molecule has 0 bridgehead atoms. The lowest BCUT2D eigenvalue weighted by Gasteiger charge is -2.13. The number of rotatable bonds is 7. The van der Waals surface area contributed by atoms with E-state index in [0.29, 0.717) is 18.8 Å². The Balaban J connectivity index is 1.66. The zero-order valence-corrected chi connectivity index (χ0v) is 13.6. The van der Waals surface area contributed by atoms with Gasteiger partial charge in [-0.2, -0.15) is 13.2 Å². The smallest absolute Gasteiger partial charge is 0.385 e. The van der Waals surface area contributed by atoms with E-state index in [0.717, 1.165) is 31.4 Å². The number of nitrogens with one attached hydrogen (secondary N) is 2. The Bertz CT molecular complexity index is 582. The van der Waals surface area contributed by atoms with Crippen LogP contribution in [0.25, 0.3) is 0 Å². The minimum Gasteiger partial charge on any atom is -0.385 e. The van der Waals surface area contributed by atoms with Gasteiger partial charge in [0.05, 0.1) is 5.56 Å². The maximum atomic E-state index is 12.6. The summed E-state index contributed by atoms with van der Waals surface area (Å²) >= 11 is 0. The van der Waals surface area contributed by atoms with E-state index in [2.05, 4.69) is 16.7 Å². The lowest BCUT2D eigenvalue weighted by Crippen LogP contribution is -2.26. The molecule has 1 aromatic carbocycles. The van der Waals surface area contributed by atoms with Crippen molar-refractivity contribution in [1.82, 2.24) is 5.32 Å². The topological polar surface area (TPSA) is 41.1 Å². The predicted molar refractivity (Wildman–Crippen MR) is 88.7 cm³/mol. The Labute approximate surface area is 140 Å². The molecule has 0 saturated heterocycles. The lowest BCUT2D eigenvalue weighted by atomic mass is 9.97. The Hall–Kier alpha value is -1.98. The molecule has 0 aliphatic heterocycles. The van der Waals surface area contributed by atoms with Crippen LogP contribution in [0.2, 0.25) is 0 Å². The van der Waals surface area contributed by atoms with Gasteiger partial charge in [-0.1, -0.05) is 17.7 Å². The molecule has 1 aliphatic carbocycles. The molecule has 0 saturated carbocycles. The Morgan fingerprint density at radius 3 is 2.71 bits per heavy atom. The van der Waals surface area contributed by atoms with Crippen molar-refractivity contribution in [2.75, 3.05) is 18.4 Å². The van der Waals surface area contributed by atoms with Crippen LogP contribution in [-0.4, -0.2) is 19.0 Å². The fourth-order valence-electron chi connectivity index (χ4n) is 2.71. The highest BCUT2D eigenvalue weighted by Crippen LogP contribution is 2.30. The molecule has 132 valence electrons. The van der Waals surface area contributed by atoms with Crippen LogP contribution >= 0.6 is 0 Å². The van der Waals surface area contributed by atoms with Crippen molar-refractivity contribution in [3.63, 3.8) is 0 Å². The van der Waals surface area contributed by atoms with E-state index in [1.54, 1.807) is 6.07 Å². The number of hydrogen-bond donors (Lipinski definition) is 2. The molecule has 0 aromatic heterocycles. The Morgan fingerprint density at radius 2 is 2.00 bits per heavy atom. The summed E-state index contributed by atoms with van der Waals surface area (Å²) in [4.78, 5) is 11.8. The van der Waals surface area contributed by atoms with Gasteiger partial charge in [0.25, 0.3) is 0 Å². The zero-order chi connectivity index (χ0) is 17.4. The third-order valence-electron chi connectivity index (χ3n) is 4.02. The van der Waals surface area contributed by atoms with Gasteiger partial charge < -0.3 is 10.6 Å². The average molecular weight is 340 g/mol. The van der Waals surface area contributed by atoms with Crippen LogP contribution in [0.1, 0.15) is 44.1 Å². The van der Waals surface area contributed by atoms with Gasteiger partial charge in [0.15, 0.2) is 0 Å². The first kappa shape index (κ1) is 18.4. The molecule has 0 spiro atoms. The molecule has 0 heterocycles. The number of benzene rings is 1. The quantitative estimate of drug-likeness (QED) is 0.717. The van der Waals surface area contributed by atoms with Crippen LogP contribution in [-0.2, 0) is 11.0 Å². The number of carbonyl (C=O) groups excluding carboxylic acids is 1. The molecule has 2 N–H and O–H groups in total. The number of allylic oxidation sites excluding steroid dienone is 1. The zero-order valence-electron chi connectivity index (χ0n) is 13.6. The van der Waals surface area contributed by atoms with Crippen molar-refractivity contribution < 1.29 is 18.0 Å². The van der Waals surface area contributed by atoms with Crippen LogP contribution in [0.15, 0.2) is 35.9 Å². The van der Waals surface area contributed by atoms with Crippen LogP contribution in [0.4, 0.5) is 18.9 Å². The fourth-order valence-corrected chi connectivity index (χ4v) is 2.71. The molecule has 0 radical (unpaired) electrons. The molecule has 0 atom stereocenters. The van der Waals surface area contributed by atoms with E-state index in [1.165, 1.54) is 24.5 Å². The summed E-state index contributed by atoms with van der Waals surface area (Å²) in [6.07, 6.45) is 3.73. The van der Waals surface area contributed by atoms with Crippen molar-refractivity contribution in [2.45, 2.75) is 44.7 Å². The summed E-state index contributed by atoms with van der Waals surface area (Å²) in [7, 11) is 0. The van der Waals surface area contributed by atoms with Crippen molar-refractivity contribution in [1.29, 1.82) is 0 Å². The number of amides is 1. The Morgan fingerprint density at radius 1 is 1.17 bits per heavy atom. The SMILES string of the molecule is O=C(CCNc1cccc(C(F)(F)F)c1)NCCC1=CCCCC1. The van der Waals surface area contributed by atoms with Gasteiger partial charge >= 0.3 is 6.18 Å². The highest BCUT2D eigenvalue weighted by atomic mass is 19.4. The number of alkyl halides is 3. The molecule has 1 aromatic rings. The largest absolute Gasteiger partial charge is 0.416 e. The number of carbonyl (C=O) groups is 1. The van der Waals surface area contributed by atoms with Gasteiger partial charge in [-0.25, -0.2) is 0 Å². The molecule has 1 aliphatic rings. The van der Waals surface area contributed by atoms with Gasteiger partial charge in [-0.15, -0.1) is 0 Å². The number of hydrogen-bond acceptors (Lipinski definition) is 2. The summed E-state index contributed by atoms with van der Waals surface area (Å²) in [5, 5.41) is 5.71. The summed E-state index contributed by atoms with van der Waals surface area (Å²) < 4.78 is 37.8. The summed E-state index contributed by atoms with van der Waals surface area (Å²) in [5.74, 6) is -0.0918. The van der Waals surface area contributed by atoms with E-state index in [9.17, 15) is 18.0 Å². The predicted octanol–water partition coefficient (Wildman–Crippen LogP) is 4.51. The third kappa shape index (κ3) is 6.26. The molecule has 2 rings (SSSR count). The normalized spacial score (nSPS) is 14.9. The molecular formula is C18H23F3N2O. The van der Waals surface area contributed by atoms with Crippen LogP contribution in [0, 0.1) is 0 Å². The first-order valence-electron chi connectivity index (χ1n) is 8.31. The first-order chi connectivity index (χ1) is 11.4. The molecule has 1 amide bonds. The molecule has 6 heteroatoms. The third-order valence-corrected chi connectivity index (χ3v) is 4.02. The molecular weight excluding hydrogens is 317 g/mol. The van der Waals surface area contributed by atoms with E-state index in [-0.39, 0.29) is 12.3 Å². The fraction of sp³-hybridized carbons (Fsp3) is 0.500. The van der Waals surface area contributed by atoms with Gasteiger partial charge in [-0.05, 0) is 50.3 Å². The number of halogens is 3. The van der Waals surface area contributed by atoms with Gasteiger partial charge in [0.2, 0.25) is 5.91 Å². The van der Waals surface area contributed by atoms with Gasteiger partial charge in [0, 0.05) is 25.2 Å². The molecule has 0 unspecified atom stereocenters. The van der Waals surface area contributed by atoms with Crippen molar-refractivity contribution >= 4 is 11.6 Å². The van der Waals surface area contributed by atoms with Crippen molar-refractivity contribution in [3.05, 3.63) is 41.5 Å². The second-order valence-corrected chi connectivity index (χ2v) is 5.96. The van der Waals surface area contributed by atoms with E-state index >= 15 is 0 Å². The average Bonchev–Trinajstić information content (AvgIpc) is 2.55. The molecule has 0 fully saturated rings. The Kier molecular flexibility index (Phi) is 6.70. The minimum atomic E-state index is -4.36. The van der Waals surface area contributed by atoms with Crippen molar-refractivity contribution in [3.8, 4) is 0 Å². The molecule has 3 nitrogen and oxygen atoms in total. The van der Waals surface area contributed by atoms with Crippen molar-refractivity contribution in [2.24, 2.45) is 0 Å². The maximum absolute atomic E-state index is 12.6. The van der Waals surface area contributed by atoms with Gasteiger partial charge in [-0.3, -0.25) is 4.79 Å². The minimum absolute atomic E-state index is 0.0918. The second-order valence-electron chi connectivity index (χ2n) is 5.96. The van der Waals surface area contributed by atoms with Gasteiger partial charge in [0.1, 0.15) is 0 Å². The van der Waals surface area contributed by atoms with Crippen LogP contribution in [0.3, 0.4) is 0 Å². The summed E-state index contributed by atoms with van der Waals surface area (Å²) in [6.45, 7) is 0.921. The number of anilines is 1. The van der Waals surface area contributed by atoms with Crippen LogP contribution < -0.4 is 10.6 Å².